The molecule has 1 rings (SSSR count). The van der Waals surface area contributed by atoms with Crippen LogP contribution in [-0.2, 0) is 11.2 Å². The molecule has 0 spiro atoms. The molecular formula is C10H14N2O4. The van der Waals surface area contributed by atoms with Crippen LogP contribution in [0.1, 0.15) is 5.69 Å². The van der Waals surface area contributed by atoms with Crippen LogP contribution in [-0.4, -0.2) is 36.3 Å². The molecule has 0 aliphatic carbocycles. The molecule has 0 aliphatic rings. The highest BCUT2D eigenvalue weighted by Gasteiger charge is 2.18. The Balaban J connectivity index is 2.99. The minimum absolute atomic E-state index is 0.0930. The van der Waals surface area contributed by atoms with Crippen molar-refractivity contribution in [2.45, 2.75) is 12.5 Å². The predicted molar refractivity (Wildman–Crippen MR) is 56.7 cm³/mol. The molecule has 0 aromatic carbocycles. The van der Waals surface area contributed by atoms with Gasteiger partial charge >= 0.3 is 5.97 Å². The molecule has 1 aromatic heterocycles. The first kappa shape index (κ1) is 12.3. The number of aliphatic carboxylic acids is 1. The lowest BCUT2D eigenvalue weighted by molar-refractivity contribution is -0.138. The van der Waals surface area contributed by atoms with Crippen LogP contribution in [0.4, 0.5) is 0 Å². The van der Waals surface area contributed by atoms with Crippen LogP contribution in [0.3, 0.4) is 0 Å². The lowest BCUT2D eigenvalue weighted by Gasteiger charge is -2.12. The maximum atomic E-state index is 10.6. The zero-order valence-corrected chi connectivity index (χ0v) is 9.14. The molecule has 6 nitrogen and oxygen atoms in total. The largest absolute Gasteiger partial charge is 0.493 e. The molecule has 88 valence electrons. The fraction of sp³-hybridized carbons (Fsp3) is 0.400. The lowest BCUT2D eigenvalue weighted by Crippen LogP contribution is -2.32. The van der Waals surface area contributed by atoms with E-state index in [4.69, 9.17) is 20.3 Å². The molecule has 6 heteroatoms. The summed E-state index contributed by atoms with van der Waals surface area (Å²) in [6.07, 6.45) is 1.61. The minimum Gasteiger partial charge on any atom is -0.493 e. The summed E-state index contributed by atoms with van der Waals surface area (Å²) < 4.78 is 10.2. The van der Waals surface area contributed by atoms with Gasteiger partial charge in [-0.05, 0) is 0 Å². The monoisotopic (exact) mass is 226 g/mol. The number of carboxylic acid groups (broad SMARTS) is 1. The van der Waals surface area contributed by atoms with Crippen LogP contribution < -0.4 is 15.2 Å². The number of hydrogen-bond acceptors (Lipinski definition) is 5. The van der Waals surface area contributed by atoms with E-state index in [0.29, 0.717) is 17.2 Å². The summed E-state index contributed by atoms with van der Waals surface area (Å²) in [6.45, 7) is 0. The fourth-order valence-corrected chi connectivity index (χ4v) is 1.29. The van der Waals surface area contributed by atoms with Crippen molar-refractivity contribution in [2.75, 3.05) is 14.2 Å². The number of methoxy groups -OCH3 is 2. The third-order valence-electron chi connectivity index (χ3n) is 2.10. The second kappa shape index (κ2) is 5.32. The highest BCUT2D eigenvalue weighted by Crippen LogP contribution is 2.29. The van der Waals surface area contributed by atoms with E-state index in [9.17, 15) is 4.79 Å². The number of carboxylic acids is 1. The van der Waals surface area contributed by atoms with Gasteiger partial charge in [0.05, 0.1) is 19.9 Å². The topological polar surface area (TPSA) is 94.7 Å². The Morgan fingerprint density at radius 1 is 1.56 bits per heavy atom. The quantitative estimate of drug-likeness (QED) is 0.736. The Labute approximate surface area is 93.0 Å². The molecule has 0 bridgehead atoms. The molecular weight excluding hydrogens is 212 g/mol. The fourth-order valence-electron chi connectivity index (χ4n) is 1.29. The van der Waals surface area contributed by atoms with Gasteiger partial charge in [0, 0.05) is 18.7 Å². The second-order valence-electron chi connectivity index (χ2n) is 3.14. The van der Waals surface area contributed by atoms with Crippen LogP contribution in [0.2, 0.25) is 0 Å². The summed E-state index contributed by atoms with van der Waals surface area (Å²) in [4.78, 5) is 14.7. The molecule has 1 unspecified atom stereocenters. The lowest BCUT2D eigenvalue weighted by atomic mass is 10.1. The highest BCUT2D eigenvalue weighted by molar-refractivity contribution is 5.73. The molecule has 1 aromatic rings. The Morgan fingerprint density at radius 3 is 2.75 bits per heavy atom. The summed E-state index contributed by atoms with van der Waals surface area (Å²) >= 11 is 0. The number of pyridine rings is 1. The van der Waals surface area contributed by atoms with Crippen molar-refractivity contribution in [3.63, 3.8) is 0 Å². The third kappa shape index (κ3) is 2.60. The van der Waals surface area contributed by atoms with Crippen molar-refractivity contribution in [3.8, 4) is 11.5 Å². The molecule has 0 saturated carbocycles. The van der Waals surface area contributed by atoms with E-state index < -0.39 is 12.0 Å². The van der Waals surface area contributed by atoms with Crippen molar-refractivity contribution < 1.29 is 19.4 Å². The first-order valence-electron chi connectivity index (χ1n) is 4.64. The van der Waals surface area contributed by atoms with Gasteiger partial charge in [-0.1, -0.05) is 0 Å². The van der Waals surface area contributed by atoms with Crippen molar-refractivity contribution in [2.24, 2.45) is 5.73 Å². The molecule has 16 heavy (non-hydrogen) atoms. The average Bonchev–Trinajstić information content (AvgIpc) is 2.28. The van der Waals surface area contributed by atoms with Gasteiger partial charge in [0.25, 0.3) is 0 Å². The number of ether oxygens (including phenoxy) is 2. The minimum atomic E-state index is -1.08. The van der Waals surface area contributed by atoms with E-state index in [1.54, 1.807) is 6.07 Å². The first-order chi connectivity index (χ1) is 7.60. The Morgan fingerprint density at radius 2 is 2.25 bits per heavy atom. The van der Waals surface area contributed by atoms with E-state index in [1.807, 2.05) is 0 Å². The molecule has 0 saturated heterocycles. The maximum Gasteiger partial charge on any atom is 0.320 e. The molecule has 0 amide bonds. The third-order valence-corrected chi connectivity index (χ3v) is 2.10. The van der Waals surface area contributed by atoms with Gasteiger partial charge in [0.15, 0.2) is 11.5 Å². The zero-order chi connectivity index (χ0) is 12.1. The number of nitrogens with zero attached hydrogens (tertiary/aromatic N) is 1. The van der Waals surface area contributed by atoms with E-state index in [0.717, 1.165) is 0 Å². The second-order valence-corrected chi connectivity index (χ2v) is 3.14. The van der Waals surface area contributed by atoms with Gasteiger partial charge in [-0.2, -0.15) is 0 Å². The summed E-state index contributed by atoms with van der Waals surface area (Å²) in [5.74, 6) is -0.154. The van der Waals surface area contributed by atoms with E-state index in [2.05, 4.69) is 4.98 Å². The smallest absolute Gasteiger partial charge is 0.320 e. The van der Waals surface area contributed by atoms with Gasteiger partial charge in [-0.15, -0.1) is 0 Å². The summed E-state index contributed by atoms with van der Waals surface area (Å²) in [5.41, 5.74) is 5.90. The Hall–Kier alpha value is -1.82. The van der Waals surface area contributed by atoms with Gasteiger partial charge in [-0.3, -0.25) is 9.78 Å². The van der Waals surface area contributed by atoms with Crippen molar-refractivity contribution >= 4 is 5.97 Å². The number of nitrogens with two attached hydrogens (primary N) is 1. The van der Waals surface area contributed by atoms with E-state index in [-0.39, 0.29) is 6.42 Å². The molecule has 0 aliphatic heterocycles. The average molecular weight is 226 g/mol. The number of aromatic nitrogens is 1. The van der Waals surface area contributed by atoms with Crippen LogP contribution in [0, 0.1) is 0 Å². The molecule has 0 fully saturated rings. The first-order valence-corrected chi connectivity index (χ1v) is 4.64. The molecule has 3 N–H and O–H groups in total. The van der Waals surface area contributed by atoms with Crippen LogP contribution in [0.25, 0.3) is 0 Å². The summed E-state index contributed by atoms with van der Waals surface area (Å²) in [5, 5.41) is 8.71. The van der Waals surface area contributed by atoms with E-state index in [1.165, 1.54) is 20.4 Å². The molecule has 0 radical (unpaired) electrons. The SMILES string of the molecule is COc1ccnc(CC(N)C(=O)O)c1OC. The summed E-state index contributed by atoms with van der Waals surface area (Å²) in [7, 11) is 2.97. The normalized spacial score (nSPS) is 11.9. The van der Waals surface area contributed by atoms with Crippen molar-refractivity contribution in [3.05, 3.63) is 18.0 Å². The van der Waals surface area contributed by atoms with Gasteiger partial charge in [0.1, 0.15) is 6.04 Å². The highest BCUT2D eigenvalue weighted by atomic mass is 16.5. The molecule has 1 heterocycles. The Bertz CT molecular complexity index is 381. The summed E-state index contributed by atoms with van der Waals surface area (Å²) in [6, 6.07) is 0.628. The van der Waals surface area contributed by atoms with Gasteiger partial charge in [-0.25, -0.2) is 0 Å². The maximum absolute atomic E-state index is 10.6. The predicted octanol–water partition coefficient (Wildman–Crippen LogP) is 0.0532. The number of hydrogen-bond donors (Lipinski definition) is 2. The number of rotatable bonds is 5. The van der Waals surface area contributed by atoms with E-state index >= 15 is 0 Å². The van der Waals surface area contributed by atoms with Crippen molar-refractivity contribution in [1.82, 2.24) is 4.98 Å². The standard InChI is InChI=1S/C10H14N2O4/c1-15-8-3-4-12-7(9(8)16-2)5-6(11)10(13)14/h3-4,6H,5,11H2,1-2H3,(H,13,14). The Kier molecular flexibility index (Phi) is 4.07. The van der Waals surface area contributed by atoms with Gasteiger partial charge in [0.2, 0.25) is 0 Å². The van der Waals surface area contributed by atoms with Crippen LogP contribution in [0.15, 0.2) is 12.3 Å². The van der Waals surface area contributed by atoms with Crippen LogP contribution >= 0.6 is 0 Å². The zero-order valence-electron chi connectivity index (χ0n) is 9.14. The number of carbonyl (C=O) groups is 1. The molecule has 1 atom stereocenters. The van der Waals surface area contributed by atoms with Crippen molar-refractivity contribution in [1.29, 1.82) is 0 Å². The van der Waals surface area contributed by atoms with Crippen LogP contribution in [0.5, 0.6) is 11.5 Å². The van der Waals surface area contributed by atoms with Gasteiger partial charge < -0.3 is 20.3 Å².